The first-order chi connectivity index (χ1) is 16.0. The van der Waals surface area contributed by atoms with E-state index in [2.05, 4.69) is 0 Å². The molecule has 0 aliphatic carbocycles. The Morgan fingerprint density at radius 2 is 1.45 bits per heavy atom. The largest absolute Gasteiger partial charge is 0.465 e. The molecule has 2 aliphatic heterocycles. The predicted octanol–water partition coefficient (Wildman–Crippen LogP) is 4.66. The molecule has 3 aromatic rings. The lowest BCUT2D eigenvalue weighted by Crippen LogP contribution is -2.18. The fourth-order valence-electron chi connectivity index (χ4n) is 4.53. The van der Waals surface area contributed by atoms with Crippen molar-refractivity contribution in [3.63, 3.8) is 0 Å². The number of carbonyl (C=O) groups is 2. The van der Waals surface area contributed by atoms with Gasteiger partial charge in [-0.3, -0.25) is 0 Å². The Hall–Kier alpha value is -3.94. The summed E-state index contributed by atoms with van der Waals surface area (Å²) in [6.45, 7) is 4.06. The van der Waals surface area contributed by atoms with Crippen LogP contribution in [0.2, 0.25) is 0 Å². The van der Waals surface area contributed by atoms with E-state index in [1.165, 1.54) is 14.2 Å². The Morgan fingerprint density at radius 3 is 2.18 bits per heavy atom. The number of ether oxygens (including phenoxy) is 6. The summed E-state index contributed by atoms with van der Waals surface area (Å²) in [7, 11) is 2.57. The molecule has 5 rings (SSSR count). The lowest BCUT2D eigenvalue weighted by molar-refractivity contribution is 0.0555. The van der Waals surface area contributed by atoms with E-state index in [1.54, 1.807) is 24.3 Å². The van der Waals surface area contributed by atoms with Gasteiger partial charge in [-0.25, -0.2) is 9.59 Å². The van der Waals surface area contributed by atoms with Gasteiger partial charge >= 0.3 is 11.9 Å². The minimum Gasteiger partial charge on any atom is -0.465 e. The van der Waals surface area contributed by atoms with E-state index >= 15 is 0 Å². The highest BCUT2D eigenvalue weighted by Gasteiger charge is 2.34. The summed E-state index contributed by atoms with van der Waals surface area (Å²) in [6, 6.07) is 9.02. The van der Waals surface area contributed by atoms with Gasteiger partial charge in [0.05, 0.1) is 25.3 Å². The molecule has 0 bridgehead atoms. The van der Waals surface area contributed by atoms with Crippen LogP contribution >= 0.6 is 0 Å². The van der Waals surface area contributed by atoms with E-state index in [1.807, 2.05) is 19.9 Å². The zero-order valence-electron chi connectivity index (χ0n) is 18.6. The van der Waals surface area contributed by atoms with Crippen molar-refractivity contribution >= 4 is 22.7 Å². The van der Waals surface area contributed by atoms with Crippen molar-refractivity contribution in [2.75, 3.05) is 27.8 Å². The van der Waals surface area contributed by atoms with E-state index in [0.29, 0.717) is 45.1 Å². The van der Waals surface area contributed by atoms with Crippen molar-refractivity contribution in [3.8, 4) is 34.1 Å². The third-order valence-corrected chi connectivity index (χ3v) is 5.87. The molecule has 170 valence electrons. The fourth-order valence-corrected chi connectivity index (χ4v) is 4.53. The molecule has 0 radical (unpaired) electrons. The van der Waals surface area contributed by atoms with Crippen molar-refractivity contribution in [2.24, 2.45) is 0 Å². The second-order valence-corrected chi connectivity index (χ2v) is 7.97. The molecule has 0 unspecified atom stereocenters. The Bertz CT molecular complexity index is 1310. The van der Waals surface area contributed by atoms with Crippen LogP contribution in [0.25, 0.3) is 21.9 Å². The van der Waals surface area contributed by atoms with Gasteiger partial charge in [0.15, 0.2) is 23.0 Å². The molecule has 8 heteroatoms. The average molecular weight is 450 g/mol. The number of fused-ring (bicyclic) bond motifs is 4. The Balaban J connectivity index is 2.01. The quantitative estimate of drug-likeness (QED) is 0.530. The van der Waals surface area contributed by atoms with Crippen LogP contribution in [0.15, 0.2) is 30.3 Å². The van der Waals surface area contributed by atoms with Gasteiger partial charge in [0.2, 0.25) is 13.6 Å². The van der Waals surface area contributed by atoms with Gasteiger partial charge in [-0.05, 0) is 40.6 Å². The number of carbonyl (C=O) groups excluding carboxylic acids is 2. The standard InChI is InChI=1S/C25H22O8/c1-12(2)18-14-6-8-16-23(33-11-31-16)20(14)19(13-5-7-15-17(9-13)32-10-30-15)22(25(27)29-4)21(18)24(26)28-3/h5-9,12H,10-11H2,1-4H3. The molecular formula is C25H22O8. The highest BCUT2D eigenvalue weighted by molar-refractivity contribution is 6.19. The highest BCUT2D eigenvalue weighted by Crippen LogP contribution is 2.50. The number of esters is 2. The Morgan fingerprint density at radius 1 is 0.818 bits per heavy atom. The molecule has 8 nitrogen and oxygen atoms in total. The fraction of sp³-hybridized carbons (Fsp3) is 0.280. The monoisotopic (exact) mass is 450 g/mol. The summed E-state index contributed by atoms with van der Waals surface area (Å²) >= 11 is 0. The first-order valence-corrected chi connectivity index (χ1v) is 10.4. The van der Waals surface area contributed by atoms with Crippen LogP contribution in [0.5, 0.6) is 23.0 Å². The van der Waals surface area contributed by atoms with Crippen LogP contribution < -0.4 is 18.9 Å². The van der Waals surface area contributed by atoms with Gasteiger partial charge in [0.1, 0.15) is 0 Å². The van der Waals surface area contributed by atoms with Crippen molar-refractivity contribution in [1.29, 1.82) is 0 Å². The molecule has 2 aliphatic rings. The normalized spacial score (nSPS) is 13.5. The summed E-state index contributed by atoms with van der Waals surface area (Å²) < 4.78 is 32.8. The molecule has 0 saturated carbocycles. The van der Waals surface area contributed by atoms with Gasteiger partial charge < -0.3 is 28.4 Å². The van der Waals surface area contributed by atoms with Gasteiger partial charge in [0, 0.05) is 10.9 Å². The van der Waals surface area contributed by atoms with Crippen LogP contribution in [-0.4, -0.2) is 39.7 Å². The topological polar surface area (TPSA) is 89.5 Å². The van der Waals surface area contributed by atoms with Crippen molar-refractivity contribution in [1.82, 2.24) is 0 Å². The third kappa shape index (κ3) is 3.13. The second kappa shape index (κ2) is 7.88. The molecule has 2 heterocycles. The number of rotatable bonds is 4. The maximum absolute atomic E-state index is 13.2. The van der Waals surface area contributed by atoms with Crippen LogP contribution in [0.4, 0.5) is 0 Å². The number of hydrogen-bond acceptors (Lipinski definition) is 8. The number of benzene rings is 3. The molecule has 0 N–H and O–H groups in total. The SMILES string of the molecule is COC(=O)c1c(C(=O)OC)c(-c2ccc3c(c2)OCO3)c2c3c(ccc2c1C(C)C)OCO3. The minimum absolute atomic E-state index is 0.0539. The lowest BCUT2D eigenvalue weighted by atomic mass is 9.81. The van der Waals surface area contributed by atoms with E-state index in [0.717, 1.165) is 5.39 Å². The molecule has 0 fully saturated rings. The summed E-state index contributed by atoms with van der Waals surface area (Å²) in [5.41, 5.74) is 2.04. The smallest absolute Gasteiger partial charge is 0.339 e. The summed E-state index contributed by atoms with van der Waals surface area (Å²) in [4.78, 5) is 26.3. The molecule has 0 spiro atoms. The predicted molar refractivity (Wildman–Crippen MR) is 118 cm³/mol. The molecule has 3 aromatic carbocycles. The average Bonchev–Trinajstić information content (AvgIpc) is 3.49. The molecule has 0 aromatic heterocycles. The molecular weight excluding hydrogens is 428 g/mol. The Labute approximate surface area is 189 Å². The van der Waals surface area contributed by atoms with Gasteiger partial charge in [-0.1, -0.05) is 26.0 Å². The first-order valence-electron chi connectivity index (χ1n) is 10.4. The van der Waals surface area contributed by atoms with E-state index in [4.69, 9.17) is 28.4 Å². The van der Waals surface area contributed by atoms with Crippen LogP contribution in [0.3, 0.4) is 0 Å². The highest BCUT2D eigenvalue weighted by atomic mass is 16.7. The molecule has 33 heavy (non-hydrogen) atoms. The molecule has 0 atom stereocenters. The molecule has 0 saturated heterocycles. The number of hydrogen-bond donors (Lipinski definition) is 0. The first kappa shape index (κ1) is 20.9. The van der Waals surface area contributed by atoms with Gasteiger partial charge in [0.25, 0.3) is 0 Å². The van der Waals surface area contributed by atoms with Gasteiger partial charge in [-0.2, -0.15) is 0 Å². The summed E-state index contributed by atoms with van der Waals surface area (Å²) in [5, 5.41) is 1.41. The lowest BCUT2D eigenvalue weighted by Gasteiger charge is -2.23. The summed E-state index contributed by atoms with van der Waals surface area (Å²) in [6.07, 6.45) is 0. The minimum atomic E-state index is -0.664. The second-order valence-electron chi connectivity index (χ2n) is 7.97. The van der Waals surface area contributed by atoms with Crippen LogP contribution in [0.1, 0.15) is 46.0 Å². The zero-order valence-corrected chi connectivity index (χ0v) is 18.6. The van der Waals surface area contributed by atoms with E-state index in [9.17, 15) is 9.59 Å². The van der Waals surface area contributed by atoms with Crippen molar-refractivity contribution < 1.29 is 38.0 Å². The maximum Gasteiger partial charge on any atom is 0.339 e. The summed E-state index contributed by atoms with van der Waals surface area (Å²) in [5.74, 6) is 0.790. The van der Waals surface area contributed by atoms with Crippen LogP contribution in [-0.2, 0) is 9.47 Å². The van der Waals surface area contributed by atoms with Crippen molar-refractivity contribution in [3.05, 3.63) is 47.0 Å². The molecule has 0 amide bonds. The Kier molecular flexibility index (Phi) is 5.00. The maximum atomic E-state index is 13.2. The van der Waals surface area contributed by atoms with Crippen molar-refractivity contribution in [2.45, 2.75) is 19.8 Å². The van der Waals surface area contributed by atoms with E-state index in [-0.39, 0.29) is 30.6 Å². The third-order valence-electron chi connectivity index (χ3n) is 5.87. The van der Waals surface area contributed by atoms with Crippen LogP contribution in [0, 0.1) is 0 Å². The van der Waals surface area contributed by atoms with E-state index < -0.39 is 11.9 Å². The van der Waals surface area contributed by atoms with Gasteiger partial charge in [-0.15, -0.1) is 0 Å². The zero-order chi connectivity index (χ0) is 23.3. The number of methoxy groups -OCH3 is 2.